The van der Waals surface area contributed by atoms with Crippen LogP contribution in [-0.2, 0) is 4.74 Å². The Morgan fingerprint density at radius 2 is 1.41 bits per heavy atom. The number of aliphatic imine (C=N–C) groups is 2. The standard InChI is InChI=1S/C45H50N8O8/c1-25(2)31-20-33(35(54)22-38(31)57-5)42(50-46)48-29-10-12-37-40(19-29)61-45(60-37)28-9-7-8-27(18-28)44(56)52-51-43(34-21-32(26(3)4)39(58-6)23-36(34)55)49-30-11-13-41(47-24-30)53-14-16-59-17-15-53/h7-13,18-26,45,54-55H,14-17,46H2,1-6H3,(H,48,50)(H,49,51)(H,52,56). The molecule has 0 radical (unpaired) electrons. The molecular weight excluding hydrogens is 781 g/mol. The Balaban J connectivity index is 1.09. The summed E-state index contributed by atoms with van der Waals surface area (Å²) in [7, 11) is 3.10. The smallest absolute Gasteiger partial charge is 0.269 e. The monoisotopic (exact) mass is 830 g/mol. The number of phenols is 2. The molecule has 2 aliphatic rings. The molecule has 0 spiro atoms. The van der Waals surface area contributed by atoms with Crippen LogP contribution in [-0.4, -0.2) is 73.3 Å². The molecule has 5 aromatic rings. The van der Waals surface area contributed by atoms with Crippen LogP contribution in [0, 0.1) is 0 Å². The number of hydrogen-bond acceptors (Lipinski definition) is 13. The van der Waals surface area contributed by atoms with Gasteiger partial charge in [0.1, 0.15) is 28.8 Å². The number of pyridine rings is 1. The number of aromatic nitrogens is 1. The number of benzene rings is 4. The van der Waals surface area contributed by atoms with Gasteiger partial charge < -0.3 is 44.2 Å². The number of nitrogens with zero attached hydrogens (tertiary/aromatic N) is 4. The molecule has 318 valence electrons. The van der Waals surface area contributed by atoms with Crippen LogP contribution in [0.25, 0.3) is 0 Å². The summed E-state index contributed by atoms with van der Waals surface area (Å²) >= 11 is 0. The van der Waals surface area contributed by atoms with Crippen molar-refractivity contribution < 1.29 is 38.7 Å². The molecule has 1 saturated heterocycles. The second-order valence-corrected chi connectivity index (χ2v) is 15.0. The van der Waals surface area contributed by atoms with Crippen molar-refractivity contribution in [1.29, 1.82) is 0 Å². The molecule has 1 unspecified atom stereocenters. The Morgan fingerprint density at radius 1 is 0.787 bits per heavy atom. The molecule has 3 heterocycles. The lowest BCUT2D eigenvalue weighted by atomic mass is 9.98. The number of amidine groups is 2. The van der Waals surface area contributed by atoms with Crippen molar-refractivity contribution in [3.8, 4) is 34.5 Å². The first-order chi connectivity index (χ1) is 29.5. The molecule has 1 atom stereocenters. The number of nitrogens with two attached hydrogens (primary N) is 1. The lowest BCUT2D eigenvalue weighted by molar-refractivity contribution is 0.0486. The van der Waals surface area contributed by atoms with Gasteiger partial charge in [0, 0.05) is 42.4 Å². The van der Waals surface area contributed by atoms with Crippen molar-refractivity contribution in [2.24, 2.45) is 15.8 Å². The van der Waals surface area contributed by atoms with Crippen LogP contribution >= 0.6 is 0 Å². The van der Waals surface area contributed by atoms with Crippen molar-refractivity contribution >= 4 is 34.8 Å². The highest BCUT2D eigenvalue weighted by atomic mass is 16.7. The quantitative estimate of drug-likeness (QED) is 0.0359. The highest BCUT2D eigenvalue weighted by molar-refractivity contribution is 6.05. The number of carbonyl (C=O) groups is 1. The van der Waals surface area contributed by atoms with E-state index in [1.807, 2.05) is 39.8 Å². The van der Waals surface area contributed by atoms with Crippen molar-refractivity contribution in [3.63, 3.8) is 0 Å². The van der Waals surface area contributed by atoms with Crippen molar-refractivity contribution in [3.05, 3.63) is 118 Å². The molecular formula is C45H50N8O8. The first-order valence-corrected chi connectivity index (χ1v) is 19.8. The van der Waals surface area contributed by atoms with E-state index in [2.05, 4.69) is 31.2 Å². The normalized spacial score (nSPS) is 15.2. The zero-order valence-corrected chi connectivity index (χ0v) is 34.9. The van der Waals surface area contributed by atoms with Crippen molar-refractivity contribution in [2.45, 2.75) is 45.8 Å². The summed E-state index contributed by atoms with van der Waals surface area (Å²) in [6.07, 6.45) is 0.774. The lowest BCUT2D eigenvalue weighted by Gasteiger charge is -2.27. The van der Waals surface area contributed by atoms with Gasteiger partial charge in [0.25, 0.3) is 12.2 Å². The third-order valence-electron chi connectivity index (χ3n) is 10.2. The van der Waals surface area contributed by atoms with Gasteiger partial charge in [-0.25, -0.2) is 20.8 Å². The number of methoxy groups -OCH3 is 2. The average molecular weight is 831 g/mol. The van der Waals surface area contributed by atoms with Gasteiger partial charge in [-0.1, -0.05) is 39.8 Å². The third kappa shape index (κ3) is 9.40. The second kappa shape index (κ2) is 18.5. The average Bonchev–Trinajstić information content (AvgIpc) is 3.71. The van der Waals surface area contributed by atoms with E-state index in [4.69, 9.17) is 34.5 Å². The van der Waals surface area contributed by atoms with Crippen LogP contribution < -0.4 is 46.0 Å². The van der Waals surface area contributed by atoms with Gasteiger partial charge >= 0.3 is 0 Å². The van der Waals surface area contributed by atoms with Crippen LogP contribution in [0.2, 0.25) is 0 Å². The third-order valence-corrected chi connectivity index (χ3v) is 10.2. The summed E-state index contributed by atoms with van der Waals surface area (Å²) in [5.41, 5.74) is 12.6. The number of ether oxygens (including phenoxy) is 5. The largest absolute Gasteiger partial charge is 0.507 e. The Labute approximate surface area is 354 Å². The Kier molecular flexibility index (Phi) is 12.8. The Morgan fingerprint density at radius 3 is 2.02 bits per heavy atom. The second-order valence-electron chi connectivity index (χ2n) is 15.0. The SMILES string of the molecule is COc1cc(O)c(C(=Nc2ccc3c(c2)OC(c2cccc(C(=O)NNC(=Nc4ccc(N5CCOCC5)nc4)c4cc(C(C)C)c(OC)cc4O)c2)O3)NN)cc1C(C)C. The topological polar surface area (TPSA) is 207 Å². The fourth-order valence-electron chi connectivity index (χ4n) is 6.98. The summed E-state index contributed by atoms with van der Waals surface area (Å²) in [6.45, 7) is 10.8. The summed E-state index contributed by atoms with van der Waals surface area (Å²) in [5.74, 6) is 8.64. The number of amides is 1. The van der Waals surface area contributed by atoms with E-state index in [9.17, 15) is 15.0 Å². The van der Waals surface area contributed by atoms with Gasteiger partial charge in [0.2, 0.25) is 0 Å². The maximum absolute atomic E-state index is 13.7. The molecule has 0 aliphatic carbocycles. The van der Waals surface area contributed by atoms with Gasteiger partial charge in [-0.3, -0.25) is 15.6 Å². The van der Waals surface area contributed by atoms with E-state index >= 15 is 0 Å². The predicted molar refractivity (Wildman–Crippen MR) is 232 cm³/mol. The molecule has 7 N–H and O–H groups in total. The minimum absolute atomic E-state index is 0.0489. The van der Waals surface area contributed by atoms with E-state index in [1.54, 1.807) is 75.0 Å². The van der Waals surface area contributed by atoms with Gasteiger partial charge in [0.05, 0.1) is 56.1 Å². The molecule has 1 aromatic heterocycles. The first-order valence-electron chi connectivity index (χ1n) is 19.8. The zero-order chi connectivity index (χ0) is 43.2. The van der Waals surface area contributed by atoms with E-state index in [0.717, 1.165) is 30.0 Å². The summed E-state index contributed by atoms with van der Waals surface area (Å²) in [4.78, 5) is 29.9. The molecule has 4 aromatic carbocycles. The fourth-order valence-corrected chi connectivity index (χ4v) is 6.98. The number of hydrogen-bond donors (Lipinski definition) is 6. The van der Waals surface area contributed by atoms with E-state index < -0.39 is 12.2 Å². The Hall–Kier alpha value is -7.04. The summed E-state index contributed by atoms with van der Waals surface area (Å²) < 4.78 is 28.8. The number of aromatic hydroxyl groups is 2. The molecule has 2 aliphatic heterocycles. The van der Waals surface area contributed by atoms with E-state index in [-0.39, 0.29) is 35.0 Å². The zero-order valence-electron chi connectivity index (χ0n) is 34.9. The molecule has 7 rings (SSSR count). The molecule has 0 bridgehead atoms. The van der Waals surface area contributed by atoms with Gasteiger partial charge in [0.15, 0.2) is 23.2 Å². The van der Waals surface area contributed by atoms with E-state index in [0.29, 0.717) is 69.8 Å². The van der Waals surface area contributed by atoms with Crippen LogP contribution in [0.1, 0.15) is 84.0 Å². The summed E-state index contributed by atoms with van der Waals surface area (Å²) in [5, 5.41) is 22.0. The number of carbonyl (C=O) groups excluding carboxylic acids is 1. The molecule has 0 saturated carbocycles. The van der Waals surface area contributed by atoms with Crippen molar-refractivity contribution in [1.82, 2.24) is 21.3 Å². The van der Waals surface area contributed by atoms with Crippen LogP contribution in [0.5, 0.6) is 34.5 Å². The number of nitrogens with one attached hydrogen (secondary N) is 3. The van der Waals surface area contributed by atoms with E-state index in [1.165, 1.54) is 12.1 Å². The maximum Gasteiger partial charge on any atom is 0.269 e. The van der Waals surface area contributed by atoms with Crippen LogP contribution in [0.4, 0.5) is 17.2 Å². The molecule has 16 heteroatoms. The van der Waals surface area contributed by atoms with Crippen LogP contribution in [0.3, 0.4) is 0 Å². The molecule has 1 amide bonds. The molecule has 1 fully saturated rings. The number of fused-ring (bicyclic) bond motifs is 1. The summed E-state index contributed by atoms with van der Waals surface area (Å²) in [6, 6.07) is 22.3. The number of anilines is 1. The molecule has 16 nitrogen and oxygen atoms in total. The minimum atomic E-state index is -0.864. The van der Waals surface area contributed by atoms with Gasteiger partial charge in [-0.15, -0.1) is 0 Å². The number of morpholine rings is 1. The highest BCUT2D eigenvalue weighted by Crippen LogP contribution is 2.43. The highest BCUT2D eigenvalue weighted by Gasteiger charge is 2.27. The first kappa shape index (κ1) is 42.1. The number of hydrazine groups is 2. The fraction of sp³-hybridized carbons (Fsp3) is 0.289. The van der Waals surface area contributed by atoms with Crippen molar-refractivity contribution in [2.75, 3.05) is 45.4 Å². The maximum atomic E-state index is 13.7. The Bertz CT molecular complexity index is 2450. The molecule has 61 heavy (non-hydrogen) atoms. The van der Waals surface area contributed by atoms with Gasteiger partial charge in [-0.05, 0) is 71.5 Å². The minimum Gasteiger partial charge on any atom is -0.507 e. The lowest BCUT2D eigenvalue weighted by Crippen LogP contribution is -2.42. The number of rotatable bonds is 11. The van der Waals surface area contributed by atoms with Crippen LogP contribution in [0.15, 0.2) is 95.0 Å². The number of phenolic OH excluding ortho intramolecular Hbond substituents is 2. The van der Waals surface area contributed by atoms with Gasteiger partial charge in [-0.2, -0.15) is 0 Å². The predicted octanol–water partition coefficient (Wildman–Crippen LogP) is 6.62.